The number of aromatic nitrogens is 1. The number of hydrogen-bond donors (Lipinski definition) is 1. The van der Waals surface area contributed by atoms with E-state index in [1.807, 2.05) is 12.3 Å². The van der Waals surface area contributed by atoms with Crippen molar-refractivity contribution < 1.29 is 0 Å². The zero-order valence-electron chi connectivity index (χ0n) is 38.9. The summed E-state index contributed by atoms with van der Waals surface area (Å²) in [4.78, 5) is 4.71. The second-order valence-corrected chi connectivity index (χ2v) is 19.1. The number of benzene rings is 9. The Labute approximate surface area is 403 Å². The molecule has 0 amide bonds. The number of para-hydroxylation sites is 1. The summed E-state index contributed by atoms with van der Waals surface area (Å²) in [5, 5.41) is 14.8. The summed E-state index contributed by atoms with van der Waals surface area (Å²) in [6, 6.07) is 61.4. The first kappa shape index (κ1) is 40.9. The molecule has 0 saturated heterocycles. The van der Waals surface area contributed by atoms with E-state index in [0.29, 0.717) is 0 Å². The Morgan fingerprint density at radius 2 is 1.01 bits per heavy atom. The van der Waals surface area contributed by atoms with E-state index >= 15 is 0 Å². The third kappa shape index (κ3) is 7.06. The highest BCUT2D eigenvalue weighted by Crippen LogP contribution is 2.53. The molecule has 0 saturated carbocycles. The molecular weight excluding hydrogens is 833 g/mol. The molecule has 2 heteroatoms. The number of dihydropyridines is 1. The molecule has 9 aromatic carbocycles. The summed E-state index contributed by atoms with van der Waals surface area (Å²) in [7, 11) is 0. The molecule has 1 aromatic heterocycles. The van der Waals surface area contributed by atoms with Crippen LogP contribution in [0.25, 0.3) is 106 Å². The van der Waals surface area contributed by atoms with Crippen molar-refractivity contribution in [3.8, 4) is 22.3 Å². The second kappa shape index (κ2) is 16.5. The molecule has 10 aromatic rings. The summed E-state index contributed by atoms with van der Waals surface area (Å²) in [5.74, 6) is 0. The molecule has 0 radical (unpaired) electrons. The Kier molecular flexibility index (Phi) is 9.76. The highest BCUT2D eigenvalue weighted by Gasteiger charge is 2.40. The molecule has 2 heterocycles. The zero-order valence-corrected chi connectivity index (χ0v) is 38.9. The summed E-state index contributed by atoms with van der Waals surface area (Å²) >= 11 is 0. The number of fused-ring (bicyclic) bond motifs is 11. The van der Waals surface area contributed by atoms with Crippen LogP contribution in [-0.4, -0.2) is 11.0 Å². The van der Waals surface area contributed by atoms with Crippen LogP contribution in [0.4, 0.5) is 0 Å². The number of rotatable bonds is 8. The molecule has 0 spiro atoms. The van der Waals surface area contributed by atoms with E-state index in [9.17, 15) is 0 Å². The van der Waals surface area contributed by atoms with E-state index in [-0.39, 0.29) is 11.5 Å². The van der Waals surface area contributed by atoms with Gasteiger partial charge < -0.3 is 5.32 Å². The van der Waals surface area contributed by atoms with Crippen molar-refractivity contribution in [3.05, 3.63) is 251 Å². The van der Waals surface area contributed by atoms with Gasteiger partial charge in [-0.15, -0.1) is 0 Å². The summed E-state index contributed by atoms with van der Waals surface area (Å²) in [5.41, 5.74) is 17.5. The topological polar surface area (TPSA) is 24.9 Å². The first-order valence-corrected chi connectivity index (χ1v) is 24.5. The van der Waals surface area contributed by atoms with Gasteiger partial charge in [-0.2, -0.15) is 0 Å². The Balaban J connectivity index is 0.737. The van der Waals surface area contributed by atoms with Crippen LogP contribution in [0.5, 0.6) is 0 Å². The van der Waals surface area contributed by atoms with E-state index in [1.165, 1.54) is 110 Å². The van der Waals surface area contributed by atoms with Crippen LogP contribution in [-0.2, 0) is 5.41 Å². The van der Waals surface area contributed by atoms with Gasteiger partial charge in [0.2, 0.25) is 0 Å². The van der Waals surface area contributed by atoms with Gasteiger partial charge in [-0.05, 0) is 165 Å². The molecule has 1 aliphatic heterocycles. The maximum atomic E-state index is 4.71. The number of allylic oxidation sites excluding steroid dienone is 4. The van der Waals surface area contributed by atoms with Crippen molar-refractivity contribution in [2.75, 3.05) is 0 Å². The van der Waals surface area contributed by atoms with E-state index < -0.39 is 0 Å². The Morgan fingerprint density at radius 3 is 1.64 bits per heavy atom. The normalized spacial score (nSPS) is 15.8. The first-order valence-electron chi connectivity index (χ1n) is 24.5. The van der Waals surface area contributed by atoms with Gasteiger partial charge in [-0.25, -0.2) is 0 Å². The van der Waals surface area contributed by atoms with Crippen LogP contribution in [0.1, 0.15) is 65.6 Å². The van der Waals surface area contributed by atoms with E-state index in [2.05, 4.69) is 238 Å². The van der Waals surface area contributed by atoms with E-state index in [4.69, 9.17) is 4.98 Å². The molecule has 0 fully saturated rings. The number of hydrogen-bond acceptors (Lipinski definition) is 2. The van der Waals surface area contributed by atoms with Gasteiger partial charge in [-0.3, -0.25) is 4.98 Å². The fourth-order valence-electron chi connectivity index (χ4n) is 11.5. The number of nitrogens with one attached hydrogen (secondary N) is 1. The third-order valence-electron chi connectivity index (χ3n) is 15.3. The maximum absolute atomic E-state index is 4.71. The highest BCUT2D eigenvalue weighted by molar-refractivity contribution is 6.10. The molecule has 0 bridgehead atoms. The molecule has 1 atom stereocenters. The Bertz CT molecular complexity index is 3960. The van der Waals surface area contributed by atoms with Crippen LogP contribution in [0.3, 0.4) is 0 Å². The van der Waals surface area contributed by atoms with Crippen LogP contribution in [0.15, 0.2) is 212 Å². The van der Waals surface area contributed by atoms with Crippen LogP contribution < -0.4 is 5.32 Å². The molecule has 2 aliphatic carbocycles. The lowest BCUT2D eigenvalue weighted by atomic mass is 9.73. The maximum Gasteiger partial charge on any atom is 0.0702 e. The zero-order chi connectivity index (χ0) is 46.1. The molecule has 3 aliphatic rings. The minimum Gasteiger partial charge on any atom is -0.380 e. The van der Waals surface area contributed by atoms with Crippen molar-refractivity contribution >= 4 is 83.9 Å². The summed E-state index contributed by atoms with van der Waals surface area (Å²) < 4.78 is 0. The predicted octanol–water partition coefficient (Wildman–Crippen LogP) is 17.3. The fraction of sp³-hybridized carbons (Fsp3) is 0.0896. The minimum atomic E-state index is -0.0372. The SMILES string of the molecule is CCC1(CC)c2cc(/C=C/c3ccc4c(ccc5cc(C6=CNC7C=CC=CC7=C6)ccc54)c3)ccc2-c2ccc(/C=C/c3ccc4c(ccc5cc(-c6cnc7ccccc7c6)ccc54)c3)cc21. The highest BCUT2D eigenvalue weighted by atomic mass is 14.9. The molecule has 1 unspecified atom stereocenters. The molecule has 69 heavy (non-hydrogen) atoms. The van der Waals surface area contributed by atoms with Gasteiger partial charge in [0.05, 0.1) is 11.6 Å². The molecular formula is C67H50N2. The molecule has 328 valence electrons. The average Bonchev–Trinajstić information content (AvgIpc) is 3.69. The van der Waals surface area contributed by atoms with Crippen LogP contribution >= 0.6 is 0 Å². The van der Waals surface area contributed by atoms with Crippen molar-refractivity contribution in [2.24, 2.45) is 0 Å². The first-order chi connectivity index (χ1) is 34.0. The van der Waals surface area contributed by atoms with Crippen molar-refractivity contribution in [3.63, 3.8) is 0 Å². The van der Waals surface area contributed by atoms with E-state index in [0.717, 1.165) is 29.3 Å². The standard InChI is InChI=1S/C67H50N2/c1-3-67(4-2)63-35-45(15-13-43-17-27-57-49(33-43)21-23-51-37-47(25-31-59(51)57)55-39-53-9-5-7-11-65(53)68-41-55)19-29-61(63)62-30-20-46(36-64(62)67)16-14-44-18-28-58-50(34-44)22-24-52-38-48(26-32-60(52)58)56-40-54-10-6-8-12-66(54)69-42-56/h5-42,65,68H,3-4H2,1-2H3/b15-13+,16-14+. The lowest BCUT2D eigenvalue weighted by Crippen LogP contribution is -2.27. The minimum absolute atomic E-state index is 0.0372. The molecule has 1 N–H and O–H groups in total. The predicted molar refractivity (Wildman–Crippen MR) is 296 cm³/mol. The van der Waals surface area contributed by atoms with Crippen molar-refractivity contribution in [1.29, 1.82) is 0 Å². The van der Waals surface area contributed by atoms with Gasteiger partial charge in [0.1, 0.15) is 0 Å². The van der Waals surface area contributed by atoms with Crippen molar-refractivity contribution in [2.45, 2.75) is 38.1 Å². The average molecular weight is 883 g/mol. The van der Waals surface area contributed by atoms with Crippen molar-refractivity contribution in [1.82, 2.24) is 10.3 Å². The van der Waals surface area contributed by atoms with Crippen LogP contribution in [0, 0.1) is 0 Å². The lowest BCUT2D eigenvalue weighted by molar-refractivity contribution is 0.490. The largest absolute Gasteiger partial charge is 0.380 e. The summed E-state index contributed by atoms with van der Waals surface area (Å²) in [6.07, 6.45) is 26.3. The number of nitrogens with zero attached hydrogens (tertiary/aromatic N) is 1. The summed E-state index contributed by atoms with van der Waals surface area (Å²) in [6.45, 7) is 4.71. The van der Waals surface area contributed by atoms with Gasteiger partial charge >= 0.3 is 0 Å². The quantitative estimate of drug-likeness (QED) is 0.121. The second-order valence-electron chi connectivity index (χ2n) is 19.1. The van der Waals surface area contributed by atoms with Gasteiger partial charge in [0, 0.05) is 28.8 Å². The van der Waals surface area contributed by atoms with Gasteiger partial charge in [0.25, 0.3) is 0 Å². The van der Waals surface area contributed by atoms with E-state index in [1.54, 1.807) is 0 Å². The lowest BCUT2D eigenvalue weighted by Gasteiger charge is -2.30. The smallest absolute Gasteiger partial charge is 0.0702 e. The van der Waals surface area contributed by atoms with Gasteiger partial charge in [-0.1, -0.05) is 190 Å². The van der Waals surface area contributed by atoms with Gasteiger partial charge in [0.15, 0.2) is 0 Å². The molecule has 13 rings (SSSR count). The molecule has 2 nitrogen and oxygen atoms in total. The monoisotopic (exact) mass is 882 g/mol. The fourth-order valence-corrected chi connectivity index (χ4v) is 11.5. The third-order valence-corrected chi connectivity index (χ3v) is 15.3. The van der Waals surface area contributed by atoms with Crippen LogP contribution in [0.2, 0.25) is 0 Å². The Hall–Kier alpha value is -8.33. The number of pyridine rings is 1. The Morgan fingerprint density at radius 1 is 0.493 bits per heavy atom.